The summed E-state index contributed by atoms with van der Waals surface area (Å²) in [6.07, 6.45) is -3.63. The maximum absolute atomic E-state index is 12.9. The highest BCUT2D eigenvalue weighted by Gasteiger charge is 2.37. The molecule has 21 heavy (non-hydrogen) atoms. The summed E-state index contributed by atoms with van der Waals surface area (Å²) in [7, 11) is 0. The zero-order valence-electron chi connectivity index (χ0n) is 11.0. The Morgan fingerprint density at radius 2 is 1.76 bits per heavy atom. The van der Waals surface area contributed by atoms with Crippen molar-refractivity contribution in [3.05, 3.63) is 35.6 Å². The largest absolute Gasteiger partial charge is 0.465 e. The van der Waals surface area contributed by atoms with Crippen LogP contribution in [0.25, 0.3) is 0 Å². The minimum absolute atomic E-state index is 0.0233. The summed E-state index contributed by atoms with van der Waals surface area (Å²) >= 11 is 0. The molecular weight excluding hydrogens is 283 g/mol. The highest BCUT2D eigenvalue weighted by atomic mass is 19.1. The summed E-state index contributed by atoms with van der Waals surface area (Å²) in [4.78, 5) is 24.3. The van der Waals surface area contributed by atoms with E-state index < -0.39 is 30.1 Å². The molecule has 0 spiro atoms. The third kappa shape index (κ3) is 3.22. The van der Waals surface area contributed by atoms with Crippen molar-refractivity contribution in [1.82, 2.24) is 9.80 Å². The predicted molar refractivity (Wildman–Crippen MR) is 69.5 cm³/mol. The number of halogens is 1. The lowest BCUT2D eigenvalue weighted by atomic mass is 9.99. The van der Waals surface area contributed by atoms with Crippen LogP contribution in [0.3, 0.4) is 0 Å². The molecule has 3 N–H and O–H groups in total. The Labute approximate surface area is 119 Å². The van der Waals surface area contributed by atoms with E-state index in [1.54, 1.807) is 0 Å². The molecule has 0 aliphatic carbocycles. The first kappa shape index (κ1) is 15.0. The molecule has 1 aliphatic rings. The van der Waals surface area contributed by atoms with Gasteiger partial charge in [-0.15, -0.1) is 0 Å². The molecule has 2 atom stereocenters. The minimum atomic E-state index is -1.23. The monoisotopic (exact) mass is 298 g/mol. The van der Waals surface area contributed by atoms with Crippen LogP contribution < -0.4 is 0 Å². The van der Waals surface area contributed by atoms with E-state index in [4.69, 9.17) is 10.2 Å². The quantitative estimate of drug-likeness (QED) is 0.761. The minimum Gasteiger partial charge on any atom is -0.465 e. The number of aliphatic hydroxyl groups excluding tert-OH is 1. The second kappa shape index (κ2) is 5.96. The number of piperazine rings is 1. The Bertz CT molecular complexity index is 536. The first-order chi connectivity index (χ1) is 9.90. The SMILES string of the molecule is O=C(O)N1CCN(C(=O)O)C(C(O)c2ccc(F)cc2)C1. The summed E-state index contributed by atoms with van der Waals surface area (Å²) in [5, 5.41) is 28.5. The molecule has 7 nitrogen and oxygen atoms in total. The van der Waals surface area contributed by atoms with Gasteiger partial charge in [0.2, 0.25) is 0 Å². The predicted octanol–water partition coefficient (Wildman–Crippen LogP) is 1.20. The van der Waals surface area contributed by atoms with Crippen molar-refractivity contribution in [2.75, 3.05) is 19.6 Å². The van der Waals surface area contributed by atoms with Crippen LogP contribution in [0.1, 0.15) is 11.7 Å². The lowest BCUT2D eigenvalue weighted by Crippen LogP contribution is -2.58. The topological polar surface area (TPSA) is 101 Å². The number of hydrogen-bond donors (Lipinski definition) is 3. The number of amides is 2. The van der Waals surface area contributed by atoms with Crippen LogP contribution in [0, 0.1) is 5.82 Å². The van der Waals surface area contributed by atoms with Crippen LogP contribution >= 0.6 is 0 Å². The Hall–Kier alpha value is -2.35. The van der Waals surface area contributed by atoms with Crippen molar-refractivity contribution in [2.24, 2.45) is 0 Å². The van der Waals surface area contributed by atoms with E-state index in [9.17, 15) is 19.1 Å². The van der Waals surface area contributed by atoms with Crippen molar-refractivity contribution in [3.8, 4) is 0 Å². The van der Waals surface area contributed by atoms with Gasteiger partial charge in [0, 0.05) is 19.6 Å². The molecule has 0 radical (unpaired) electrons. The zero-order chi connectivity index (χ0) is 15.6. The van der Waals surface area contributed by atoms with Gasteiger partial charge in [-0.1, -0.05) is 12.1 Å². The van der Waals surface area contributed by atoms with Crippen LogP contribution in [0.5, 0.6) is 0 Å². The van der Waals surface area contributed by atoms with Crippen molar-refractivity contribution < 1.29 is 29.3 Å². The van der Waals surface area contributed by atoms with E-state index >= 15 is 0 Å². The van der Waals surface area contributed by atoms with E-state index in [0.717, 1.165) is 21.9 Å². The van der Waals surface area contributed by atoms with E-state index in [1.807, 2.05) is 0 Å². The average Bonchev–Trinajstić information content (AvgIpc) is 2.46. The molecule has 2 unspecified atom stereocenters. The van der Waals surface area contributed by atoms with Crippen LogP contribution in [0.4, 0.5) is 14.0 Å². The molecule has 114 valence electrons. The number of carbonyl (C=O) groups is 2. The van der Waals surface area contributed by atoms with Gasteiger partial charge in [-0.2, -0.15) is 0 Å². The molecule has 0 bridgehead atoms. The fraction of sp³-hybridized carbons (Fsp3) is 0.385. The zero-order valence-corrected chi connectivity index (χ0v) is 11.0. The first-order valence-electron chi connectivity index (χ1n) is 6.31. The van der Waals surface area contributed by atoms with Gasteiger partial charge in [0.25, 0.3) is 0 Å². The maximum atomic E-state index is 12.9. The van der Waals surface area contributed by atoms with E-state index in [1.165, 1.54) is 12.1 Å². The molecule has 2 amide bonds. The number of nitrogens with zero attached hydrogens (tertiary/aromatic N) is 2. The second-order valence-electron chi connectivity index (χ2n) is 4.77. The van der Waals surface area contributed by atoms with Gasteiger partial charge in [0.05, 0.1) is 6.04 Å². The molecule has 0 aromatic heterocycles. The van der Waals surface area contributed by atoms with Crippen LogP contribution in [-0.2, 0) is 0 Å². The van der Waals surface area contributed by atoms with Crippen LogP contribution in [0.2, 0.25) is 0 Å². The maximum Gasteiger partial charge on any atom is 0.407 e. The van der Waals surface area contributed by atoms with Gasteiger partial charge < -0.3 is 20.2 Å². The first-order valence-corrected chi connectivity index (χ1v) is 6.31. The van der Waals surface area contributed by atoms with Crippen molar-refractivity contribution >= 4 is 12.2 Å². The fourth-order valence-electron chi connectivity index (χ4n) is 2.37. The van der Waals surface area contributed by atoms with E-state index in [0.29, 0.717) is 5.56 Å². The van der Waals surface area contributed by atoms with Crippen LogP contribution in [0.15, 0.2) is 24.3 Å². The summed E-state index contributed by atoms with van der Waals surface area (Å²) in [5.41, 5.74) is 0.333. The smallest absolute Gasteiger partial charge is 0.407 e. The average molecular weight is 298 g/mol. The normalized spacial score (nSPS) is 20.2. The lowest BCUT2D eigenvalue weighted by molar-refractivity contribution is 0.00324. The molecule has 0 saturated carbocycles. The molecule has 1 fully saturated rings. The number of carboxylic acid groups (broad SMARTS) is 2. The molecule has 1 aromatic rings. The Balaban J connectivity index is 2.24. The lowest BCUT2D eigenvalue weighted by Gasteiger charge is -2.40. The summed E-state index contributed by atoms with van der Waals surface area (Å²) in [6, 6.07) is 4.07. The number of rotatable bonds is 2. The van der Waals surface area contributed by atoms with E-state index in [-0.39, 0.29) is 19.6 Å². The number of hydrogen-bond acceptors (Lipinski definition) is 3. The number of benzene rings is 1. The van der Waals surface area contributed by atoms with Gasteiger partial charge in [-0.3, -0.25) is 4.90 Å². The summed E-state index contributed by atoms with van der Waals surface area (Å²) < 4.78 is 12.9. The molecule has 1 aromatic carbocycles. The summed E-state index contributed by atoms with van der Waals surface area (Å²) in [6.45, 7) is -0.112. The summed E-state index contributed by atoms with van der Waals surface area (Å²) in [5.74, 6) is -0.475. The molecule has 1 heterocycles. The van der Waals surface area contributed by atoms with Gasteiger partial charge in [-0.05, 0) is 17.7 Å². The molecule has 1 aliphatic heterocycles. The van der Waals surface area contributed by atoms with Gasteiger partial charge in [0.1, 0.15) is 11.9 Å². The Kier molecular flexibility index (Phi) is 4.27. The van der Waals surface area contributed by atoms with Crippen molar-refractivity contribution in [2.45, 2.75) is 12.1 Å². The third-order valence-corrected chi connectivity index (χ3v) is 3.51. The van der Waals surface area contributed by atoms with Crippen molar-refractivity contribution in [1.29, 1.82) is 0 Å². The van der Waals surface area contributed by atoms with Gasteiger partial charge >= 0.3 is 12.2 Å². The molecule has 2 rings (SSSR count). The highest BCUT2D eigenvalue weighted by Crippen LogP contribution is 2.25. The van der Waals surface area contributed by atoms with Crippen LogP contribution in [-0.4, -0.2) is 63.0 Å². The standard InChI is InChI=1S/C13H15FN2O5/c14-9-3-1-8(2-4-9)11(17)10-7-15(12(18)19)5-6-16(10)13(20)21/h1-4,10-11,17H,5-7H2,(H,18,19)(H,20,21). The number of aliphatic hydroxyl groups is 1. The third-order valence-electron chi connectivity index (χ3n) is 3.51. The van der Waals surface area contributed by atoms with Crippen molar-refractivity contribution in [3.63, 3.8) is 0 Å². The fourth-order valence-corrected chi connectivity index (χ4v) is 2.37. The highest BCUT2D eigenvalue weighted by molar-refractivity contribution is 5.68. The van der Waals surface area contributed by atoms with E-state index in [2.05, 4.69) is 0 Å². The van der Waals surface area contributed by atoms with Gasteiger partial charge in [0.15, 0.2) is 0 Å². The molecule has 8 heteroatoms. The van der Waals surface area contributed by atoms with Gasteiger partial charge in [-0.25, -0.2) is 14.0 Å². The Morgan fingerprint density at radius 3 is 2.29 bits per heavy atom. The second-order valence-corrected chi connectivity index (χ2v) is 4.77. The molecule has 1 saturated heterocycles. The molecular formula is C13H15FN2O5. The Morgan fingerprint density at radius 1 is 1.14 bits per heavy atom.